The molecule has 0 spiro atoms. The second-order valence-electron chi connectivity index (χ2n) is 5.49. The molecule has 1 unspecified atom stereocenters. The number of anilines is 1. The minimum atomic E-state index is 0. The van der Waals surface area contributed by atoms with Gasteiger partial charge in [-0.15, -0.1) is 24.0 Å². The van der Waals surface area contributed by atoms with Crippen molar-refractivity contribution in [2.45, 2.75) is 18.9 Å². The lowest BCUT2D eigenvalue weighted by Crippen LogP contribution is -2.30. The second kappa shape index (κ2) is 8.93. The van der Waals surface area contributed by atoms with E-state index >= 15 is 0 Å². The number of rotatable bonds is 5. The Morgan fingerprint density at radius 3 is 2.57 bits per heavy atom. The number of nitrogens with one attached hydrogen (secondary N) is 1. The smallest absolute Gasteiger partial charge is 0.193 e. The molecule has 2 aromatic rings. The molecule has 0 aliphatic carbocycles. The van der Waals surface area contributed by atoms with Gasteiger partial charge in [0.05, 0.1) is 18.8 Å². The number of likely N-dealkylation sites (tertiary alicyclic amines) is 1. The van der Waals surface area contributed by atoms with E-state index in [-0.39, 0.29) is 30.0 Å². The van der Waals surface area contributed by atoms with E-state index in [9.17, 15) is 0 Å². The minimum Gasteiger partial charge on any atom is -0.468 e. The van der Waals surface area contributed by atoms with Crippen molar-refractivity contribution in [3.63, 3.8) is 0 Å². The van der Waals surface area contributed by atoms with E-state index in [1.165, 1.54) is 12.8 Å². The zero-order chi connectivity index (χ0) is 15.2. The normalized spacial score (nSPS) is 16.8. The van der Waals surface area contributed by atoms with Crippen molar-refractivity contribution in [3.8, 4) is 0 Å². The molecule has 0 amide bonds. The molecule has 1 atom stereocenters. The Kier molecular flexibility index (Phi) is 6.91. The van der Waals surface area contributed by atoms with E-state index < -0.39 is 0 Å². The van der Waals surface area contributed by atoms with Gasteiger partial charge >= 0.3 is 0 Å². The molecule has 1 fully saturated rings. The first-order chi connectivity index (χ1) is 10.8. The SMILES string of the molecule is I.NC(=NCC(c1ccco1)N1CCCC1)Nc1ccccc1. The highest BCUT2D eigenvalue weighted by Gasteiger charge is 2.25. The highest BCUT2D eigenvalue weighted by Crippen LogP contribution is 2.25. The number of nitrogens with two attached hydrogens (primary N) is 1. The average Bonchev–Trinajstić information content (AvgIpc) is 3.22. The van der Waals surface area contributed by atoms with Gasteiger partial charge in [-0.1, -0.05) is 18.2 Å². The lowest BCUT2D eigenvalue weighted by atomic mass is 10.2. The fourth-order valence-corrected chi connectivity index (χ4v) is 2.81. The largest absolute Gasteiger partial charge is 0.468 e. The first kappa shape index (κ1) is 17.8. The van der Waals surface area contributed by atoms with Gasteiger partial charge in [0.15, 0.2) is 5.96 Å². The fourth-order valence-electron chi connectivity index (χ4n) is 2.81. The summed E-state index contributed by atoms with van der Waals surface area (Å²) in [5.74, 6) is 1.39. The van der Waals surface area contributed by atoms with Crippen molar-refractivity contribution in [3.05, 3.63) is 54.5 Å². The van der Waals surface area contributed by atoms with E-state index in [1.807, 2.05) is 42.5 Å². The highest BCUT2D eigenvalue weighted by molar-refractivity contribution is 14.0. The van der Waals surface area contributed by atoms with Crippen LogP contribution in [0.1, 0.15) is 24.6 Å². The molecule has 1 saturated heterocycles. The van der Waals surface area contributed by atoms with Crippen molar-refractivity contribution in [1.82, 2.24) is 4.90 Å². The molecule has 0 radical (unpaired) electrons. The van der Waals surface area contributed by atoms with E-state index in [4.69, 9.17) is 10.2 Å². The Labute approximate surface area is 154 Å². The van der Waals surface area contributed by atoms with Crippen LogP contribution in [-0.4, -0.2) is 30.5 Å². The molecule has 6 heteroatoms. The van der Waals surface area contributed by atoms with Gasteiger partial charge in [0.25, 0.3) is 0 Å². The maximum Gasteiger partial charge on any atom is 0.193 e. The van der Waals surface area contributed by atoms with Gasteiger partial charge in [0.1, 0.15) is 5.76 Å². The Morgan fingerprint density at radius 1 is 1.17 bits per heavy atom. The van der Waals surface area contributed by atoms with Gasteiger partial charge in [0, 0.05) is 5.69 Å². The maximum absolute atomic E-state index is 6.00. The number of hydrogen-bond donors (Lipinski definition) is 2. The summed E-state index contributed by atoms with van der Waals surface area (Å²) in [7, 11) is 0. The lowest BCUT2D eigenvalue weighted by molar-refractivity contribution is 0.221. The van der Waals surface area contributed by atoms with Crippen molar-refractivity contribution in [2.24, 2.45) is 10.7 Å². The number of nitrogens with zero attached hydrogens (tertiary/aromatic N) is 2. The Morgan fingerprint density at radius 2 is 1.91 bits per heavy atom. The number of guanidine groups is 1. The third-order valence-corrected chi connectivity index (χ3v) is 3.93. The summed E-state index contributed by atoms with van der Waals surface area (Å²) in [5, 5.41) is 3.11. The van der Waals surface area contributed by atoms with Crippen molar-refractivity contribution < 1.29 is 4.42 Å². The Hall–Kier alpha value is -1.54. The van der Waals surface area contributed by atoms with Crippen LogP contribution in [0.5, 0.6) is 0 Å². The average molecular weight is 426 g/mol. The van der Waals surface area contributed by atoms with Crippen LogP contribution in [0.25, 0.3) is 0 Å². The van der Waals surface area contributed by atoms with E-state index in [2.05, 4.69) is 15.2 Å². The molecule has 0 saturated carbocycles. The van der Waals surface area contributed by atoms with Crippen molar-refractivity contribution in [2.75, 3.05) is 25.0 Å². The standard InChI is InChI=1S/C17H22N4O.HI/c18-17(20-14-7-2-1-3-8-14)19-13-15(16-9-6-12-22-16)21-10-4-5-11-21;/h1-3,6-9,12,15H,4-5,10-11,13H2,(H3,18,19,20);1H. The van der Waals surface area contributed by atoms with Crippen LogP contribution in [0, 0.1) is 0 Å². The van der Waals surface area contributed by atoms with Gasteiger partial charge in [-0.05, 0) is 50.2 Å². The predicted octanol–water partition coefficient (Wildman–Crippen LogP) is 3.46. The zero-order valence-corrected chi connectivity index (χ0v) is 15.4. The summed E-state index contributed by atoms with van der Waals surface area (Å²) in [4.78, 5) is 6.92. The number of benzene rings is 1. The van der Waals surface area contributed by atoms with Gasteiger partial charge in [-0.2, -0.15) is 0 Å². The summed E-state index contributed by atoms with van der Waals surface area (Å²) in [5.41, 5.74) is 6.94. The minimum absolute atomic E-state index is 0. The number of para-hydroxylation sites is 1. The number of aliphatic imine (C=N–C) groups is 1. The summed E-state index contributed by atoms with van der Waals surface area (Å²) in [6, 6.07) is 13.9. The van der Waals surface area contributed by atoms with Crippen molar-refractivity contribution >= 4 is 35.6 Å². The molecule has 1 aliphatic rings. The Balaban J connectivity index is 0.00000192. The topological polar surface area (TPSA) is 66.8 Å². The van der Waals surface area contributed by atoms with Gasteiger partial charge in [-0.3, -0.25) is 9.89 Å². The van der Waals surface area contributed by atoms with Gasteiger partial charge < -0.3 is 15.5 Å². The molecular weight excluding hydrogens is 403 g/mol. The zero-order valence-electron chi connectivity index (χ0n) is 13.0. The molecule has 124 valence electrons. The maximum atomic E-state index is 6.00. The van der Waals surface area contributed by atoms with Crippen LogP contribution in [0.2, 0.25) is 0 Å². The molecular formula is C17H23IN4O. The molecule has 23 heavy (non-hydrogen) atoms. The molecule has 1 aromatic carbocycles. The van der Waals surface area contributed by atoms with Crippen LogP contribution in [0.15, 0.2) is 58.1 Å². The first-order valence-electron chi connectivity index (χ1n) is 7.72. The number of hydrogen-bond acceptors (Lipinski definition) is 3. The third kappa shape index (κ3) is 4.97. The quantitative estimate of drug-likeness (QED) is 0.437. The molecule has 3 N–H and O–H groups in total. The monoisotopic (exact) mass is 426 g/mol. The van der Waals surface area contributed by atoms with Gasteiger partial charge in [-0.25, -0.2) is 0 Å². The fraction of sp³-hybridized carbons (Fsp3) is 0.353. The molecule has 0 bridgehead atoms. The van der Waals surface area contributed by atoms with Crippen LogP contribution >= 0.6 is 24.0 Å². The van der Waals surface area contributed by atoms with E-state index in [1.54, 1.807) is 6.26 Å². The molecule has 1 aromatic heterocycles. The predicted molar refractivity (Wildman–Crippen MR) is 104 cm³/mol. The van der Waals surface area contributed by atoms with Crippen LogP contribution in [0.3, 0.4) is 0 Å². The van der Waals surface area contributed by atoms with Gasteiger partial charge in [0.2, 0.25) is 0 Å². The lowest BCUT2D eigenvalue weighted by Gasteiger charge is -2.24. The van der Waals surface area contributed by atoms with Crippen molar-refractivity contribution in [1.29, 1.82) is 0 Å². The molecule has 1 aliphatic heterocycles. The van der Waals surface area contributed by atoms with Crippen LogP contribution in [0.4, 0.5) is 5.69 Å². The summed E-state index contributed by atoms with van der Waals surface area (Å²) in [6.45, 7) is 2.78. The Bertz CT molecular complexity index is 594. The van der Waals surface area contributed by atoms with E-state index in [0.29, 0.717) is 12.5 Å². The molecule has 3 rings (SSSR count). The van der Waals surface area contributed by atoms with Crippen LogP contribution in [-0.2, 0) is 0 Å². The first-order valence-corrected chi connectivity index (χ1v) is 7.72. The second-order valence-corrected chi connectivity index (χ2v) is 5.49. The molecule has 2 heterocycles. The van der Waals surface area contributed by atoms with Crippen LogP contribution < -0.4 is 11.1 Å². The summed E-state index contributed by atoms with van der Waals surface area (Å²) < 4.78 is 5.59. The number of furan rings is 1. The van der Waals surface area contributed by atoms with E-state index in [0.717, 1.165) is 24.5 Å². The highest BCUT2D eigenvalue weighted by atomic mass is 127. The summed E-state index contributed by atoms with van der Waals surface area (Å²) >= 11 is 0. The number of halogens is 1. The molecule has 5 nitrogen and oxygen atoms in total. The third-order valence-electron chi connectivity index (χ3n) is 3.93. The summed E-state index contributed by atoms with van der Waals surface area (Å²) in [6.07, 6.45) is 4.19.